The Kier molecular flexibility index (Phi) is 41.3. The summed E-state index contributed by atoms with van der Waals surface area (Å²) in [5.41, 5.74) is 31.2. The molecule has 0 amide bonds. The summed E-state index contributed by atoms with van der Waals surface area (Å²) in [7, 11) is -32.8. The van der Waals surface area contributed by atoms with Crippen LogP contribution in [0.15, 0.2) is 140 Å². The Morgan fingerprint density at radius 3 is 1.03 bits per heavy atom. The summed E-state index contributed by atoms with van der Waals surface area (Å²) >= 11 is 1.41. The summed E-state index contributed by atoms with van der Waals surface area (Å²) in [6.07, 6.45) is -3.99. The van der Waals surface area contributed by atoms with Crippen molar-refractivity contribution in [2.45, 2.75) is 105 Å². The summed E-state index contributed by atoms with van der Waals surface area (Å²) in [6.45, 7) is -3.07. The first kappa shape index (κ1) is 113. The smallest absolute Gasteiger partial charge is 0.756 e. The van der Waals surface area contributed by atoms with Gasteiger partial charge in [0, 0.05) is 47.0 Å². The first-order valence-electron chi connectivity index (χ1n) is 35.3. The molecule has 662 valence electrons. The average molecular weight is 1990 g/mol. The first-order valence-corrected chi connectivity index (χ1v) is 45.2. The molecule has 9 aromatic heterocycles. The standard InChI is InChI=1S/C17H18FN4O7P.C17H19N4O7P.C16H19N4O7P.C15H19N4O13P3S.6Na/c18-9-3-1-8(2-4-9)10-5-22(16-12(10)15(19)20-7-21-16)17-14(24)13(23)11(29-17)6-28-30(25,26)27;18-15-12-10(9-4-2-1-3-5-9)6-21(16(12)20-8-19-15)17-14(23)13(22)11(28-17)7-27-29(24,25)26;17-14-11-9(8-3-1-2-4-8)5-20(15(11)19-7-18-14)16-13(22)12(21)10(27-16)6-26-28(23,24)25;16-13-10-8(7-1-2-36-5-7)3-19(14(10)18-6-17-13)15-12(21)11(20)9(30-15)4-29-34(25,26)32-35(27,28)31-33(22,23)24;;;;;;/h1-5,7,11,13-14,17,23-24H,6H2,(H2,19,20,21)(H2,25,26,27);1-6,8,11,13-14,17,22-23H,7H2,(H2,18,19,20)(H2,24,25,26);1-3,5,7,10,12-13,16,21-22H,4,6H2,(H2,17,18,19)(H2,23,24,25);1-3,5-6,9,11-12,15,20-21H,4H2,(H,25,26)(H,27,28)(H2,16,17,18)(H2,22,23,24);;;;;;/q;;;;6*+1/p-6/t2*11-,13?,14+,17-;10-,12?,13+,16-;9-,11?,12+,15-;;;;;;/m1111....../s1. The number of phosphoric acid groups is 6. The maximum absolute atomic E-state index is 13.3. The van der Waals surface area contributed by atoms with Gasteiger partial charge in [-0.25, -0.2) is 52.9 Å². The number of aliphatic hydroxyl groups is 8. The van der Waals surface area contributed by atoms with Crippen molar-refractivity contribution in [3.8, 4) is 33.4 Å². The molecule has 4 fully saturated rings. The Labute approximate surface area is 862 Å². The second kappa shape index (κ2) is 47.0. The predicted molar refractivity (Wildman–Crippen MR) is 408 cm³/mol. The minimum Gasteiger partial charge on any atom is -0.756 e. The fraction of sp³-hybridized carbons (Fsp3) is 0.323. The van der Waals surface area contributed by atoms with Crippen molar-refractivity contribution < 1.29 is 345 Å². The molecule has 5 aliphatic rings. The molecule has 22 atom stereocenters. The third kappa shape index (κ3) is 27.2. The third-order valence-corrected chi connectivity index (χ3v) is 25.0. The van der Waals surface area contributed by atoms with E-state index in [0.29, 0.717) is 61.5 Å². The molecule has 1 aliphatic carbocycles. The Morgan fingerprint density at radius 1 is 0.403 bits per heavy atom. The molecule has 2 aromatic carbocycles. The van der Waals surface area contributed by atoms with Crippen LogP contribution in [0.2, 0.25) is 0 Å². The van der Waals surface area contributed by atoms with Crippen molar-refractivity contribution >= 4 is 131 Å². The minimum absolute atomic E-state index is 0. The van der Waals surface area contributed by atoms with Gasteiger partial charge in [-0.3, -0.25) is 27.4 Å². The zero-order valence-corrected chi connectivity index (χ0v) is 86.2. The van der Waals surface area contributed by atoms with Crippen molar-refractivity contribution in [2.75, 3.05) is 49.4 Å². The number of phosphoric ester groups is 4. The largest absolute Gasteiger partial charge is 1.00 e. The number of benzene rings is 2. The molecule has 20 N–H and O–H groups in total. The average Bonchev–Trinajstić information content (AvgIpc) is 1.61. The second-order valence-electron chi connectivity index (χ2n) is 27.1. The Bertz CT molecular complexity index is 6080. The number of nitrogen functional groups attached to an aromatic ring is 4. The summed E-state index contributed by atoms with van der Waals surface area (Å²) in [4.78, 5) is 134. The Morgan fingerprint density at radius 2 is 0.721 bits per heavy atom. The fourth-order valence-electron chi connectivity index (χ4n) is 13.8. The summed E-state index contributed by atoms with van der Waals surface area (Å²) in [6, 6.07) is 16.7. The summed E-state index contributed by atoms with van der Waals surface area (Å²) in [5.74, 6) is 0.331. The van der Waals surface area contributed by atoms with Crippen molar-refractivity contribution in [2.24, 2.45) is 0 Å². The zero-order chi connectivity index (χ0) is 88.9. The van der Waals surface area contributed by atoms with Crippen molar-refractivity contribution in [1.29, 1.82) is 0 Å². The molecule has 0 radical (unpaired) electrons. The number of halogens is 1. The Balaban J connectivity index is 0.000000233. The van der Waals surface area contributed by atoms with Gasteiger partial charge >= 0.3 is 177 Å². The summed E-state index contributed by atoms with van der Waals surface area (Å²) in [5, 5.41) is 88.7. The van der Waals surface area contributed by atoms with Crippen LogP contribution in [-0.4, -0.2) is 218 Å². The van der Waals surface area contributed by atoms with E-state index in [1.165, 1.54) is 79.2 Å². The number of aliphatic hydroxyl groups excluding tert-OH is 8. The zero-order valence-electron chi connectivity index (χ0n) is 68.0. The van der Waals surface area contributed by atoms with Crippen LogP contribution in [0, 0.1) is 5.82 Å². The van der Waals surface area contributed by atoms with Crippen LogP contribution >= 0.6 is 58.3 Å². The van der Waals surface area contributed by atoms with E-state index in [4.69, 9.17) is 61.5 Å². The quantitative estimate of drug-likeness (QED) is 0.0197. The number of allylic oxidation sites excluding steroid dienone is 4. The van der Waals surface area contributed by atoms with Crippen LogP contribution in [0.3, 0.4) is 0 Å². The van der Waals surface area contributed by atoms with Crippen LogP contribution in [0.25, 0.3) is 83.1 Å². The van der Waals surface area contributed by atoms with Gasteiger partial charge in [0.15, 0.2) is 24.9 Å². The van der Waals surface area contributed by atoms with E-state index in [2.05, 4.69) is 66.6 Å². The van der Waals surface area contributed by atoms with E-state index >= 15 is 0 Å². The van der Waals surface area contributed by atoms with Crippen LogP contribution in [0.4, 0.5) is 27.7 Å². The van der Waals surface area contributed by atoms with Gasteiger partial charge in [-0.2, -0.15) is 11.3 Å². The molecule has 13 heterocycles. The second-order valence-corrected chi connectivity index (χ2v) is 35.8. The molecular weight excluding hydrogens is 1920 g/mol. The van der Waals surface area contributed by atoms with Crippen LogP contribution in [-0.2, 0) is 73.1 Å². The normalized spacial score (nSPS) is 26.1. The van der Waals surface area contributed by atoms with Gasteiger partial charge in [-0.05, 0) is 57.6 Å². The molecule has 0 bridgehead atoms. The molecule has 64 heteroatoms. The number of nitrogens with zero attached hydrogens (tertiary/aromatic N) is 12. The van der Waals surface area contributed by atoms with Crippen LogP contribution in [0.1, 0.15) is 36.9 Å². The van der Waals surface area contributed by atoms with Gasteiger partial charge in [0.25, 0.3) is 46.9 Å². The van der Waals surface area contributed by atoms with E-state index in [-0.39, 0.29) is 212 Å². The van der Waals surface area contributed by atoms with Gasteiger partial charge in [-0.1, -0.05) is 60.7 Å². The van der Waals surface area contributed by atoms with Gasteiger partial charge in [0.05, 0.1) is 48.0 Å². The predicted octanol–water partition coefficient (Wildman–Crippen LogP) is -20.0. The summed E-state index contributed by atoms with van der Waals surface area (Å²) < 4.78 is 132. The molecule has 10 unspecified atom stereocenters. The SMILES string of the molecule is Nc1ncnc2c1c(-c1ccc(F)cc1)cn2[C@@H]1O[C@H](COP(=O)([O-])O)C(O)[C@@H]1O.Nc1ncnc2c1c(-c1ccccc1)cn2[C@@H]1O[C@H](COP(=O)([O-])O)C(O)[C@@H]1O.Nc1ncnc2c1c(-c1ccsc1)cn2[C@@H]1O[C@H](COP(=O)([O-])OP(=O)([O-])OP(=O)([O-])O)C(O)[C@@H]1O.Nc1ncnc2c1c(C1=CC=CC1)cn2[C@@H]1O[C@H](COP(=O)([O-])O)C(O)[C@@H]1O.[Na+].[Na+].[Na+].[Na+].[Na+].[Na+]. The van der Waals surface area contributed by atoms with Crippen molar-refractivity contribution in [3.05, 3.63) is 151 Å². The van der Waals surface area contributed by atoms with Crippen molar-refractivity contribution in [1.82, 2.24) is 58.1 Å². The van der Waals surface area contributed by atoms with E-state index in [9.17, 15) is 102 Å². The maximum atomic E-state index is 13.3. The van der Waals surface area contributed by atoms with Gasteiger partial charge in [-0.15, -0.1) is 0 Å². The van der Waals surface area contributed by atoms with E-state index in [1.54, 1.807) is 30.9 Å². The number of nitrogens with two attached hydrogens (primary N) is 4. The number of hydrogen-bond donors (Lipinski definition) is 16. The number of anilines is 4. The minimum atomic E-state index is -6.10. The molecule has 16 rings (SSSR count). The molecule has 50 nitrogen and oxygen atoms in total. The van der Waals surface area contributed by atoms with Crippen LogP contribution < -0.4 is 230 Å². The van der Waals surface area contributed by atoms with Crippen LogP contribution in [0.5, 0.6) is 0 Å². The van der Waals surface area contributed by atoms with Crippen molar-refractivity contribution in [3.63, 3.8) is 0 Å². The number of hydrogen-bond acceptors (Lipinski definition) is 43. The monoisotopic (exact) mass is 1990 g/mol. The molecule has 11 aromatic rings. The molecule has 0 spiro atoms. The Hall–Kier alpha value is -2.51. The third-order valence-electron chi connectivity index (χ3n) is 19.2. The fourth-order valence-corrected chi connectivity index (χ4v) is 18.3. The number of rotatable bonds is 24. The molecule has 4 saturated heterocycles. The van der Waals surface area contributed by atoms with E-state index in [1.807, 2.05) is 59.3 Å². The number of aromatic nitrogens is 12. The molecular formula is C65H69FN16Na6O34P6S. The topological polar surface area (TPSA) is 803 Å². The van der Waals surface area contributed by atoms with Gasteiger partial charge < -0.3 is 168 Å². The number of thiophene rings is 1. The molecule has 4 aliphatic heterocycles. The first-order chi connectivity index (χ1) is 57.8. The van der Waals surface area contributed by atoms with E-state index in [0.717, 1.165) is 22.3 Å². The maximum Gasteiger partial charge on any atom is 1.00 e. The van der Waals surface area contributed by atoms with Gasteiger partial charge in [0.2, 0.25) is 0 Å². The number of fused-ring (bicyclic) bond motifs is 4. The van der Waals surface area contributed by atoms with E-state index < -0.39 is 177 Å². The van der Waals surface area contributed by atoms with Gasteiger partial charge in [0.1, 0.15) is 150 Å². The number of ether oxygens (including phenoxy) is 4. The molecule has 129 heavy (non-hydrogen) atoms. The molecule has 0 saturated carbocycles.